The minimum absolute atomic E-state index is 0.850. The molecular weight excluding hydrogens is 326 g/mol. The summed E-state index contributed by atoms with van der Waals surface area (Å²) in [4.78, 5) is 0. The van der Waals surface area contributed by atoms with Crippen molar-refractivity contribution in [3.8, 4) is 0 Å². The Labute approximate surface area is 167 Å². The second kappa shape index (κ2) is 12.6. The number of hydrogen-bond acceptors (Lipinski definition) is 1. The highest BCUT2D eigenvalue weighted by atomic mass is 14.5. The Morgan fingerprint density at radius 1 is 0.667 bits per heavy atom. The molecule has 2 aromatic carbocycles. The van der Waals surface area contributed by atoms with Crippen molar-refractivity contribution in [2.24, 2.45) is 0 Å². The molecule has 0 aliphatic carbocycles. The number of benzene rings is 2. The van der Waals surface area contributed by atoms with Crippen LogP contribution in [0, 0.1) is 6.92 Å². The molecule has 2 rings (SSSR count). The molecule has 1 nitrogen and oxygen atoms in total. The topological polar surface area (TPSA) is 26.0 Å². The van der Waals surface area contributed by atoms with E-state index >= 15 is 0 Å². The first kappa shape index (κ1) is 21.5. The van der Waals surface area contributed by atoms with Crippen LogP contribution >= 0.6 is 0 Å². The lowest BCUT2D eigenvalue weighted by Gasteiger charge is -2.08. The van der Waals surface area contributed by atoms with E-state index in [4.69, 9.17) is 5.73 Å². The van der Waals surface area contributed by atoms with Crippen LogP contribution in [0.5, 0.6) is 0 Å². The van der Waals surface area contributed by atoms with E-state index in [1.807, 2.05) is 6.07 Å². The summed E-state index contributed by atoms with van der Waals surface area (Å²) in [5.41, 5.74) is 12.2. The maximum absolute atomic E-state index is 5.85. The van der Waals surface area contributed by atoms with Crippen molar-refractivity contribution in [1.82, 2.24) is 0 Å². The predicted octanol–water partition coefficient (Wildman–Crippen LogP) is 7.63. The SMILES string of the molecule is CCCCCCCCCCCCc1ccc(Cc2ccc(N)cc2C)cc1. The summed E-state index contributed by atoms with van der Waals surface area (Å²) in [6.45, 7) is 4.43. The van der Waals surface area contributed by atoms with Crippen LogP contribution in [0.15, 0.2) is 42.5 Å². The molecule has 1 heteroatoms. The van der Waals surface area contributed by atoms with Crippen LogP contribution in [0.1, 0.15) is 93.4 Å². The Hall–Kier alpha value is -1.76. The maximum Gasteiger partial charge on any atom is 0.0316 e. The third-order valence-electron chi connectivity index (χ3n) is 5.60. The smallest absolute Gasteiger partial charge is 0.0316 e. The minimum atomic E-state index is 0.850. The van der Waals surface area contributed by atoms with Crippen LogP contribution in [0.4, 0.5) is 5.69 Å². The number of nitrogen functional groups attached to an aromatic ring is 1. The zero-order valence-electron chi connectivity index (χ0n) is 17.6. The summed E-state index contributed by atoms with van der Waals surface area (Å²) in [6.07, 6.45) is 16.3. The predicted molar refractivity (Wildman–Crippen MR) is 120 cm³/mol. The van der Waals surface area contributed by atoms with Crippen molar-refractivity contribution in [3.63, 3.8) is 0 Å². The highest BCUT2D eigenvalue weighted by molar-refractivity contribution is 5.45. The van der Waals surface area contributed by atoms with E-state index in [0.29, 0.717) is 0 Å². The number of aryl methyl sites for hydroxylation is 2. The molecular formula is C26H39N. The number of rotatable bonds is 13. The van der Waals surface area contributed by atoms with Gasteiger partial charge in [-0.05, 0) is 60.6 Å². The third-order valence-corrected chi connectivity index (χ3v) is 5.60. The minimum Gasteiger partial charge on any atom is -0.399 e. The highest BCUT2D eigenvalue weighted by Gasteiger charge is 2.02. The molecule has 0 saturated carbocycles. The number of nitrogens with two attached hydrogens (primary N) is 1. The fraction of sp³-hybridized carbons (Fsp3) is 0.538. The summed E-state index contributed by atoms with van der Waals surface area (Å²) in [5, 5.41) is 0. The Bertz CT molecular complexity index is 642. The average Bonchev–Trinajstić information content (AvgIpc) is 2.67. The molecule has 2 aromatic rings. The van der Waals surface area contributed by atoms with Gasteiger partial charge in [0.2, 0.25) is 0 Å². The first-order valence-corrected chi connectivity index (χ1v) is 11.1. The van der Waals surface area contributed by atoms with Crippen LogP contribution in [-0.4, -0.2) is 0 Å². The zero-order valence-corrected chi connectivity index (χ0v) is 17.6. The molecule has 0 aliphatic rings. The van der Waals surface area contributed by atoms with Gasteiger partial charge in [-0.15, -0.1) is 0 Å². The van der Waals surface area contributed by atoms with Crippen molar-refractivity contribution < 1.29 is 0 Å². The van der Waals surface area contributed by atoms with Crippen molar-refractivity contribution in [2.75, 3.05) is 5.73 Å². The standard InChI is InChI=1S/C26H39N/c1-3-4-5-6-7-8-9-10-11-12-13-23-14-16-24(17-15-23)21-25-18-19-26(27)20-22(25)2/h14-20H,3-13,21,27H2,1-2H3. The van der Waals surface area contributed by atoms with Gasteiger partial charge in [-0.1, -0.05) is 95.0 Å². The van der Waals surface area contributed by atoms with Gasteiger partial charge in [0.1, 0.15) is 0 Å². The second-order valence-corrected chi connectivity index (χ2v) is 8.11. The quantitative estimate of drug-likeness (QED) is 0.286. The van der Waals surface area contributed by atoms with Crippen molar-refractivity contribution in [2.45, 2.75) is 90.9 Å². The monoisotopic (exact) mass is 365 g/mol. The average molecular weight is 366 g/mol. The number of unbranched alkanes of at least 4 members (excludes halogenated alkanes) is 9. The van der Waals surface area contributed by atoms with Gasteiger partial charge >= 0.3 is 0 Å². The van der Waals surface area contributed by atoms with Gasteiger partial charge in [0.05, 0.1) is 0 Å². The molecule has 0 fully saturated rings. The normalized spacial score (nSPS) is 11.0. The van der Waals surface area contributed by atoms with Crippen molar-refractivity contribution in [1.29, 1.82) is 0 Å². The van der Waals surface area contributed by atoms with Crippen LogP contribution in [0.2, 0.25) is 0 Å². The molecule has 0 unspecified atom stereocenters. The van der Waals surface area contributed by atoms with Gasteiger partial charge in [0.15, 0.2) is 0 Å². The van der Waals surface area contributed by atoms with E-state index in [9.17, 15) is 0 Å². The van der Waals surface area contributed by atoms with Gasteiger partial charge in [0.25, 0.3) is 0 Å². The fourth-order valence-corrected chi connectivity index (χ4v) is 3.78. The molecule has 2 N–H and O–H groups in total. The first-order chi connectivity index (χ1) is 13.2. The Kier molecular flexibility index (Phi) is 10.0. The Morgan fingerprint density at radius 3 is 1.81 bits per heavy atom. The van der Waals surface area contributed by atoms with Gasteiger partial charge < -0.3 is 5.73 Å². The van der Waals surface area contributed by atoms with E-state index < -0.39 is 0 Å². The molecule has 0 spiro atoms. The first-order valence-electron chi connectivity index (χ1n) is 11.1. The molecule has 0 heterocycles. The zero-order chi connectivity index (χ0) is 19.3. The fourth-order valence-electron chi connectivity index (χ4n) is 3.78. The molecule has 0 radical (unpaired) electrons. The third kappa shape index (κ3) is 8.65. The highest BCUT2D eigenvalue weighted by Crippen LogP contribution is 2.18. The summed E-state index contributed by atoms with van der Waals surface area (Å²) < 4.78 is 0. The molecule has 0 saturated heterocycles. The van der Waals surface area contributed by atoms with E-state index in [-0.39, 0.29) is 0 Å². The van der Waals surface area contributed by atoms with E-state index in [1.165, 1.54) is 92.9 Å². The molecule has 0 bridgehead atoms. The molecule has 0 amide bonds. The van der Waals surface area contributed by atoms with Crippen LogP contribution < -0.4 is 5.73 Å². The maximum atomic E-state index is 5.85. The van der Waals surface area contributed by atoms with E-state index in [0.717, 1.165) is 12.1 Å². The van der Waals surface area contributed by atoms with Crippen molar-refractivity contribution >= 4 is 5.69 Å². The largest absolute Gasteiger partial charge is 0.399 e. The Morgan fingerprint density at radius 2 is 1.22 bits per heavy atom. The molecule has 0 aliphatic heterocycles. The summed E-state index contributed by atoms with van der Waals surface area (Å²) in [6, 6.07) is 15.4. The molecule has 148 valence electrons. The molecule has 27 heavy (non-hydrogen) atoms. The number of hydrogen-bond donors (Lipinski definition) is 1. The second-order valence-electron chi connectivity index (χ2n) is 8.11. The van der Waals surface area contributed by atoms with Crippen LogP contribution in [-0.2, 0) is 12.8 Å². The lowest BCUT2D eigenvalue weighted by atomic mass is 9.98. The van der Waals surface area contributed by atoms with Crippen LogP contribution in [0.3, 0.4) is 0 Å². The summed E-state index contributed by atoms with van der Waals surface area (Å²) >= 11 is 0. The lowest BCUT2D eigenvalue weighted by molar-refractivity contribution is 0.556. The van der Waals surface area contributed by atoms with E-state index in [1.54, 1.807) is 0 Å². The van der Waals surface area contributed by atoms with Crippen LogP contribution in [0.25, 0.3) is 0 Å². The molecule has 0 aromatic heterocycles. The summed E-state index contributed by atoms with van der Waals surface area (Å²) in [7, 11) is 0. The summed E-state index contributed by atoms with van der Waals surface area (Å²) in [5.74, 6) is 0. The lowest BCUT2D eigenvalue weighted by Crippen LogP contribution is -1.95. The van der Waals surface area contributed by atoms with Gasteiger partial charge in [-0.3, -0.25) is 0 Å². The number of anilines is 1. The van der Waals surface area contributed by atoms with Gasteiger partial charge in [-0.2, -0.15) is 0 Å². The van der Waals surface area contributed by atoms with Crippen molar-refractivity contribution in [3.05, 3.63) is 64.7 Å². The van der Waals surface area contributed by atoms with E-state index in [2.05, 4.69) is 50.2 Å². The molecule has 0 atom stereocenters. The van der Waals surface area contributed by atoms with Gasteiger partial charge in [0, 0.05) is 5.69 Å². The van der Waals surface area contributed by atoms with Gasteiger partial charge in [-0.25, -0.2) is 0 Å². The Balaban J connectivity index is 1.60.